The molecule has 0 aliphatic heterocycles. The lowest BCUT2D eigenvalue weighted by atomic mass is 10.3. The summed E-state index contributed by atoms with van der Waals surface area (Å²) in [6.07, 6.45) is 0. The molecule has 0 spiro atoms. The summed E-state index contributed by atoms with van der Waals surface area (Å²) in [6.45, 7) is 5.33. The van der Waals surface area contributed by atoms with Gasteiger partial charge >= 0.3 is 0 Å². The second kappa shape index (κ2) is 5.36. The van der Waals surface area contributed by atoms with E-state index in [4.69, 9.17) is 16.3 Å². The Hall–Kier alpha value is -0.390. The molecule has 4 nitrogen and oxygen atoms in total. The summed E-state index contributed by atoms with van der Waals surface area (Å²) in [5.74, 6) is 0.638. The minimum Gasteiger partial charge on any atom is -0.380 e. The topological polar surface area (TPSA) is 47.0 Å². The maximum atomic E-state index is 5.75. The van der Waals surface area contributed by atoms with Gasteiger partial charge in [-0.1, -0.05) is 11.6 Å². The number of anilines is 1. The van der Waals surface area contributed by atoms with Crippen molar-refractivity contribution in [2.75, 3.05) is 18.5 Å². The molecule has 0 aliphatic rings. The normalized spacial score (nSPS) is 12.8. The van der Waals surface area contributed by atoms with Gasteiger partial charge in [0.25, 0.3) is 0 Å². The highest BCUT2D eigenvalue weighted by molar-refractivity contribution is 6.99. The lowest BCUT2D eigenvalue weighted by molar-refractivity contribution is 0.141. The molecule has 0 saturated carbocycles. The number of ether oxygens (including phenoxy) is 1. The number of halogens is 1. The third kappa shape index (κ3) is 3.46. The zero-order valence-electron chi connectivity index (χ0n) is 7.58. The maximum absolute atomic E-state index is 5.75. The zero-order chi connectivity index (χ0) is 9.68. The molecule has 1 atom stereocenters. The number of aromatic nitrogens is 2. The molecule has 0 aromatic carbocycles. The van der Waals surface area contributed by atoms with Crippen molar-refractivity contribution in [1.82, 2.24) is 8.75 Å². The van der Waals surface area contributed by atoms with Crippen molar-refractivity contribution in [3.05, 3.63) is 5.15 Å². The predicted molar refractivity (Wildman–Crippen MR) is 54.5 cm³/mol. The summed E-state index contributed by atoms with van der Waals surface area (Å²) in [6, 6.07) is 0.196. The Balaban J connectivity index is 2.36. The standard InChI is InChI=1S/C7H12ClN3OS/c1-3-12-4-5(2)9-7-6(8)10-13-11-7/h5H,3-4H2,1-2H3,(H,9,11). The van der Waals surface area contributed by atoms with Crippen LogP contribution in [0.2, 0.25) is 5.15 Å². The average molecular weight is 222 g/mol. The van der Waals surface area contributed by atoms with Crippen molar-refractivity contribution >= 4 is 29.1 Å². The van der Waals surface area contributed by atoms with Crippen LogP contribution in [0, 0.1) is 0 Å². The van der Waals surface area contributed by atoms with E-state index in [-0.39, 0.29) is 6.04 Å². The van der Waals surface area contributed by atoms with E-state index in [0.717, 1.165) is 18.3 Å². The van der Waals surface area contributed by atoms with Crippen molar-refractivity contribution in [2.24, 2.45) is 0 Å². The fourth-order valence-electron chi connectivity index (χ4n) is 0.834. The maximum Gasteiger partial charge on any atom is 0.186 e. The van der Waals surface area contributed by atoms with E-state index in [2.05, 4.69) is 14.1 Å². The van der Waals surface area contributed by atoms with Gasteiger partial charge in [-0.15, -0.1) is 0 Å². The molecule has 0 fully saturated rings. The number of nitrogens with zero attached hydrogens (tertiary/aromatic N) is 2. The fourth-order valence-corrected chi connectivity index (χ4v) is 1.49. The quantitative estimate of drug-likeness (QED) is 0.827. The van der Waals surface area contributed by atoms with Crippen molar-refractivity contribution in [3.8, 4) is 0 Å². The Morgan fingerprint density at radius 2 is 2.38 bits per heavy atom. The molecule has 1 heterocycles. The van der Waals surface area contributed by atoms with Gasteiger partial charge in [0.05, 0.1) is 18.3 Å². The molecule has 0 saturated heterocycles. The molecule has 1 aromatic rings. The highest BCUT2D eigenvalue weighted by Crippen LogP contribution is 2.18. The van der Waals surface area contributed by atoms with Crippen molar-refractivity contribution in [3.63, 3.8) is 0 Å². The van der Waals surface area contributed by atoms with Crippen LogP contribution in [0.5, 0.6) is 0 Å². The number of hydrogen-bond acceptors (Lipinski definition) is 5. The van der Waals surface area contributed by atoms with Gasteiger partial charge < -0.3 is 10.1 Å². The SMILES string of the molecule is CCOCC(C)Nc1nsnc1Cl. The van der Waals surface area contributed by atoms with Crippen molar-refractivity contribution < 1.29 is 4.74 Å². The van der Waals surface area contributed by atoms with Gasteiger partial charge in [0, 0.05) is 12.6 Å². The largest absolute Gasteiger partial charge is 0.380 e. The first-order valence-electron chi connectivity index (χ1n) is 4.06. The molecule has 74 valence electrons. The molecule has 0 amide bonds. The van der Waals surface area contributed by atoms with Crippen molar-refractivity contribution in [1.29, 1.82) is 0 Å². The van der Waals surface area contributed by atoms with Gasteiger partial charge in [-0.25, -0.2) is 0 Å². The van der Waals surface area contributed by atoms with E-state index in [0.29, 0.717) is 17.6 Å². The van der Waals surface area contributed by atoms with Gasteiger partial charge in [0.15, 0.2) is 11.0 Å². The first kappa shape index (κ1) is 10.7. The first-order valence-corrected chi connectivity index (χ1v) is 5.17. The van der Waals surface area contributed by atoms with Crippen LogP contribution in [0.15, 0.2) is 0 Å². The molecule has 1 N–H and O–H groups in total. The summed E-state index contributed by atoms with van der Waals surface area (Å²) in [4.78, 5) is 0. The van der Waals surface area contributed by atoms with Crippen LogP contribution >= 0.6 is 23.3 Å². The first-order chi connectivity index (χ1) is 6.24. The molecule has 1 unspecified atom stereocenters. The predicted octanol–water partition coefficient (Wildman–Crippen LogP) is 2.03. The zero-order valence-corrected chi connectivity index (χ0v) is 9.15. The Labute approximate surface area is 86.6 Å². The van der Waals surface area contributed by atoms with Crippen LogP contribution < -0.4 is 5.32 Å². The van der Waals surface area contributed by atoms with Crippen LogP contribution in [-0.2, 0) is 4.74 Å². The van der Waals surface area contributed by atoms with Crippen LogP contribution in [0.1, 0.15) is 13.8 Å². The van der Waals surface area contributed by atoms with Crippen LogP contribution in [0.4, 0.5) is 5.82 Å². The third-order valence-corrected chi connectivity index (χ3v) is 2.30. The van der Waals surface area contributed by atoms with Gasteiger partial charge in [-0.05, 0) is 13.8 Å². The van der Waals surface area contributed by atoms with Gasteiger partial charge in [-0.3, -0.25) is 0 Å². The molecule has 1 rings (SSSR count). The third-order valence-electron chi connectivity index (χ3n) is 1.40. The van der Waals surface area contributed by atoms with E-state index in [1.807, 2.05) is 13.8 Å². The molecule has 0 radical (unpaired) electrons. The number of hydrogen-bond donors (Lipinski definition) is 1. The molecule has 6 heteroatoms. The lowest BCUT2D eigenvalue weighted by Crippen LogP contribution is -2.21. The van der Waals surface area contributed by atoms with E-state index in [1.54, 1.807) is 0 Å². The molecular formula is C7H12ClN3OS. The van der Waals surface area contributed by atoms with Crippen LogP contribution in [0.25, 0.3) is 0 Å². The molecule has 0 bridgehead atoms. The molecule has 1 aromatic heterocycles. The fraction of sp³-hybridized carbons (Fsp3) is 0.714. The summed E-state index contributed by atoms with van der Waals surface area (Å²) >= 11 is 6.85. The molecule has 13 heavy (non-hydrogen) atoms. The monoisotopic (exact) mass is 221 g/mol. The van der Waals surface area contributed by atoms with Gasteiger partial charge in [0.1, 0.15) is 0 Å². The Morgan fingerprint density at radius 3 is 2.92 bits per heavy atom. The average Bonchev–Trinajstić information content (AvgIpc) is 2.48. The minimum absolute atomic E-state index is 0.196. The molecule has 0 aliphatic carbocycles. The van der Waals surface area contributed by atoms with Crippen LogP contribution in [0.3, 0.4) is 0 Å². The molecular weight excluding hydrogens is 210 g/mol. The Kier molecular flexibility index (Phi) is 4.41. The second-order valence-corrected chi connectivity index (χ2v) is 3.49. The minimum atomic E-state index is 0.196. The van der Waals surface area contributed by atoms with Crippen LogP contribution in [-0.4, -0.2) is 28.0 Å². The van der Waals surface area contributed by atoms with Gasteiger partial charge in [0.2, 0.25) is 0 Å². The number of rotatable bonds is 5. The smallest absolute Gasteiger partial charge is 0.186 e. The Morgan fingerprint density at radius 1 is 1.62 bits per heavy atom. The second-order valence-electron chi connectivity index (χ2n) is 2.61. The number of nitrogens with one attached hydrogen (secondary N) is 1. The highest BCUT2D eigenvalue weighted by Gasteiger charge is 2.08. The van der Waals surface area contributed by atoms with Gasteiger partial charge in [-0.2, -0.15) is 8.75 Å². The summed E-state index contributed by atoms with van der Waals surface area (Å²) in [5, 5.41) is 3.53. The van der Waals surface area contributed by atoms with E-state index >= 15 is 0 Å². The van der Waals surface area contributed by atoms with Crippen molar-refractivity contribution in [2.45, 2.75) is 19.9 Å². The summed E-state index contributed by atoms with van der Waals surface area (Å²) in [7, 11) is 0. The highest BCUT2D eigenvalue weighted by atomic mass is 35.5. The van der Waals surface area contributed by atoms with E-state index in [9.17, 15) is 0 Å². The van der Waals surface area contributed by atoms with E-state index in [1.165, 1.54) is 0 Å². The lowest BCUT2D eigenvalue weighted by Gasteiger charge is -2.12. The van der Waals surface area contributed by atoms with E-state index < -0.39 is 0 Å². The summed E-state index contributed by atoms with van der Waals surface area (Å²) < 4.78 is 13.1. The Bertz CT molecular complexity index is 256. The summed E-state index contributed by atoms with van der Waals surface area (Å²) in [5.41, 5.74) is 0.